The fraction of sp³-hybridized carbons (Fsp3) is 0. The Morgan fingerprint density at radius 2 is 2.18 bits per heavy atom. The molecule has 0 heterocycles. The van der Waals surface area contributed by atoms with Crippen molar-refractivity contribution in [3.8, 4) is 0 Å². The number of primary amides is 1. The van der Waals surface area contributed by atoms with E-state index in [1.54, 1.807) is 18.2 Å². The Labute approximate surface area is 82.9 Å². The molecule has 0 fully saturated rings. The van der Waals surface area contributed by atoms with Crippen molar-refractivity contribution in [2.24, 2.45) is 5.73 Å². The summed E-state index contributed by atoms with van der Waals surface area (Å²) in [6.07, 6.45) is 0. The van der Waals surface area contributed by atoms with Crippen molar-refractivity contribution in [2.45, 2.75) is 0 Å². The third-order valence-corrected chi connectivity index (χ3v) is 2.18. The normalized spacial score (nSPS) is 9.64. The molecule has 11 heavy (non-hydrogen) atoms. The van der Waals surface area contributed by atoms with Crippen molar-refractivity contribution in [2.75, 3.05) is 0 Å². The summed E-state index contributed by atoms with van der Waals surface area (Å²) in [6, 6.07) is 5.10. The number of hydrogen-bond acceptors (Lipinski definition) is 1. The second-order valence-electron chi connectivity index (χ2n) is 1.99. The van der Waals surface area contributed by atoms with Gasteiger partial charge in [0.15, 0.2) is 0 Å². The molecule has 0 saturated heterocycles. The summed E-state index contributed by atoms with van der Waals surface area (Å²) >= 11 is 7.83. The molecule has 1 aromatic carbocycles. The molecular formula is C7H5ClINO. The summed E-state index contributed by atoms with van der Waals surface area (Å²) in [5.41, 5.74) is 5.41. The molecule has 2 nitrogen and oxygen atoms in total. The molecule has 0 aliphatic heterocycles. The number of benzene rings is 1. The Morgan fingerprint density at radius 3 is 2.64 bits per heavy atom. The first kappa shape index (κ1) is 8.80. The number of rotatable bonds is 1. The molecule has 0 saturated carbocycles. The number of halogens is 2. The lowest BCUT2D eigenvalue weighted by atomic mass is 10.2. The smallest absolute Gasteiger partial charge is 0.250 e. The number of hydrogen-bond donors (Lipinski definition) is 1. The fourth-order valence-corrected chi connectivity index (χ4v) is 1.64. The summed E-state index contributed by atoms with van der Waals surface area (Å²) < 4.78 is 0.984. The van der Waals surface area contributed by atoms with Gasteiger partial charge in [-0.25, -0.2) is 0 Å². The second kappa shape index (κ2) is 3.40. The van der Waals surface area contributed by atoms with E-state index in [1.165, 1.54) is 0 Å². The summed E-state index contributed by atoms with van der Waals surface area (Å²) in [5.74, 6) is -0.494. The van der Waals surface area contributed by atoms with E-state index in [0.717, 1.165) is 3.57 Å². The maximum atomic E-state index is 10.7. The fourth-order valence-electron chi connectivity index (χ4n) is 0.689. The van der Waals surface area contributed by atoms with Crippen LogP contribution in [0.4, 0.5) is 0 Å². The lowest BCUT2D eigenvalue weighted by molar-refractivity contribution is 0.100. The first-order valence-electron chi connectivity index (χ1n) is 2.86. The van der Waals surface area contributed by atoms with Crippen molar-refractivity contribution < 1.29 is 4.79 Å². The maximum absolute atomic E-state index is 10.7. The number of amides is 1. The zero-order valence-corrected chi connectivity index (χ0v) is 8.39. The SMILES string of the molecule is NC(=O)c1ccc(I)cc1Cl. The van der Waals surface area contributed by atoms with Crippen LogP contribution in [0.25, 0.3) is 0 Å². The molecule has 58 valence electrons. The Balaban J connectivity index is 3.20. The maximum Gasteiger partial charge on any atom is 0.250 e. The third kappa shape index (κ3) is 2.07. The molecule has 0 atom stereocenters. The lowest BCUT2D eigenvalue weighted by Crippen LogP contribution is -2.11. The average molecular weight is 281 g/mol. The minimum Gasteiger partial charge on any atom is -0.366 e. The number of nitrogens with two attached hydrogens (primary N) is 1. The molecule has 0 aliphatic carbocycles. The molecule has 0 unspecified atom stereocenters. The Hall–Kier alpha value is -0.290. The lowest BCUT2D eigenvalue weighted by Gasteiger charge is -1.98. The summed E-state index contributed by atoms with van der Waals surface area (Å²) in [5, 5.41) is 0.407. The second-order valence-corrected chi connectivity index (χ2v) is 3.64. The van der Waals surface area contributed by atoms with Crippen LogP contribution in [0.1, 0.15) is 10.4 Å². The minimum absolute atomic E-state index is 0.368. The molecule has 0 spiro atoms. The summed E-state index contributed by atoms with van der Waals surface area (Å²) in [6.45, 7) is 0. The van der Waals surface area contributed by atoms with E-state index < -0.39 is 5.91 Å². The van der Waals surface area contributed by atoms with E-state index in [9.17, 15) is 4.79 Å². The quantitative estimate of drug-likeness (QED) is 0.787. The van der Waals surface area contributed by atoms with Gasteiger partial charge in [-0.1, -0.05) is 11.6 Å². The van der Waals surface area contributed by atoms with Gasteiger partial charge in [0.1, 0.15) is 0 Å². The van der Waals surface area contributed by atoms with Gasteiger partial charge in [-0.2, -0.15) is 0 Å². The van der Waals surface area contributed by atoms with Crippen LogP contribution in [0.5, 0.6) is 0 Å². The molecule has 0 radical (unpaired) electrons. The van der Waals surface area contributed by atoms with Gasteiger partial charge in [0.2, 0.25) is 5.91 Å². The molecule has 1 aromatic rings. The minimum atomic E-state index is -0.494. The van der Waals surface area contributed by atoms with E-state index in [4.69, 9.17) is 17.3 Å². The molecule has 0 aromatic heterocycles. The highest BCUT2D eigenvalue weighted by atomic mass is 127. The van der Waals surface area contributed by atoms with Crippen LogP contribution in [0, 0.1) is 3.57 Å². The Morgan fingerprint density at radius 1 is 1.55 bits per heavy atom. The van der Waals surface area contributed by atoms with E-state index in [2.05, 4.69) is 22.6 Å². The largest absolute Gasteiger partial charge is 0.366 e. The van der Waals surface area contributed by atoms with Crippen molar-refractivity contribution in [1.29, 1.82) is 0 Å². The van der Waals surface area contributed by atoms with Crippen molar-refractivity contribution in [3.63, 3.8) is 0 Å². The summed E-state index contributed by atoms with van der Waals surface area (Å²) in [4.78, 5) is 10.7. The first-order valence-corrected chi connectivity index (χ1v) is 4.32. The van der Waals surface area contributed by atoms with Gasteiger partial charge in [-0.15, -0.1) is 0 Å². The van der Waals surface area contributed by atoms with Crippen LogP contribution in [-0.2, 0) is 0 Å². The van der Waals surface area contributed by atoms with E-state index in [0.29, 0.717) is 10.6 Å². The van der Waals surface area contributed by atoms with Crippen LogP contribution >= 0.6 is 34.2 Å². The summed E-state index contributed by atoms with van der Waals surface area (Å²) in [7, 11) is 0. The standard InChI is InChI=1S/C7H5ClINO/c8-6-3-4(9)1-2-5(6)7(10)11/h1-3H,(H2,10,11). The van der Waals surface area contributed by atoms with Gasteiger partial charge >= 0.3 is 0 Å². The van der Waals surface area contributed by atoms with Gasteiger partial charge in [0.05, 0.1) is 10.6 Å². The van der Waals surface area contributed by atoms with Gasteiger partial charge < -0.3 is 5.73 Å². The highest BCUT2D eigenvalue weighted by Crippen LogP contribution is 2.18. The zero-order valence-electron chi connectivity index (χ0n) is 5.47. The van der Waals surface area contributed by atoms with Crippen molar-refractivity contribution >= 4 is 40.1 Å². The van der Waals surface area contributed by atoms with Crippen LogP contribution in [0.15, 0.2) is 18.2 Å². The molecule has 1 amide bonds. The molecular weight excluding hydrogens is 276 g/mol. The molecule has 0 aliphatic rings. The van der Waals surface area contributed by atoms with E-state index in [-0.39, 0.29) is 0 Å². The van der Waals surface area contributed by atoms with Gasteiger partial charge in [-0.3, -0.25) is 4.79 Å². The predicted octanol–water partition coefficient (Wildman–Crippen LogP) is 2.04. The third-order valence-electron chi connectivity index (χ3n) is 1.20. The van der Waals surface area contributed by atoms with Crippen LogP contribution in [0.2, 0.25) is 5.02 Å². The Kier molecular flexibility index (Phi) is 2.72. The molecule has 0 bridgehead atoms. The predicted molar refractivity (Wildman–Crippen MR) is 52.7 cm³/mol. The van der Waals surface area contributed by atoms with Crippen molar-refractivity contribution in [3.05, 3.63) is 32.4 Å². The average Bonchev–Trinajstić information content (AvgIpc) is 1.85. The highest BCUT2D eigenvalue weighted by molar-refractivity contribution is 14.1. The van der Waals surface area contributed by atoms with Crippen LogP contribution in [0.3, 0.4) is 0 Å². The van der Waals surface area contributed by atoms with E-state index in [1.807, 2.05) is 0 Å². The van der Waals surface area contributed by atoms with Crippen LogP contribution in [-0.4, -0.2) is 5.91 Å². The number of carbonyl (C=O) groups is 1. The molecule has 1 rings (SSSR count). The van der Waals surface area contributed by atoms with Gasteiger partial charge in [0, 0.05) is 3.57 Å². The zero-order chi connectivity index (χ0) is 8.43. The first-order chi connectivity index (χ1) is 5.11. The number of carbonyl (C=O) groups excluding carboxylic acids is 1. The van der Waals surface area contributed by atoms with Crippen molar-refractivity contribution in [1.82, 2.24) is 0 Å². The highest BCUT2D eigenvalue weighted by Gasteiger charge is 2.04. The molecule has 4 heteroatoms. The van der Waals surface area contributed by atoms with Crippen LogP contribution < -0.4 is 5.73 Å². The molecule has 2 N–H and O–H groups in total. The van der Waals surface area contributed by atoms with Gasteiger partial charge in [0.25, 0.3) is 0 Å². The topological polar surface area (TPSA) is 43.1 Å². The monoisotopic (exact) mass is 281 g/mol. The Bertz CT molecular complexity index is 300. The van der Waals surface area contributed by atoms with E-state index >= 15 is 0 Å². The van der Waals surface area contributed by atoms with Gasteiger partial charge in [-0.05, 0) is 40.8 Å².